The van der Waals surface area contributed by atoms with Crippen LogP contribution in [0.3, 0.4) is 0 Å². The zero-order valence-electron chi connectivity index (χ0n) is 11.8. The van der Waals surface area contributed by atoms with E-state index in [4.69, 9.17) is 9.47 Å². The summed E-state index contributed by atoms with van der Waals surface area (Å²) in [5, 5.41) is 9.89. The first-order valence-electron chi connectivity index (χ1n) is 6.62. The van der Waals surface area contributed by atoms with Crippen LogP contribution in [0.1, 0.15) is 49.5 Å². The highest BCUT2D eigenvalue weighted by atomic mass is 16.5. The van der Waals surface area contributed by atoms with Gasteiger partial charge in [0.1, 0.15) is 17.8 Å². The highest BCUT2D eigenvalue weighted by molar-refractivity contribution is 5.82. The van der Waals surface area contributed by atoms with Crippen LogP contribution in [0.4, 0.5) is 0 Å². The van der Waals surface area contributed by atoms with E-state index in [-0.39, 0.29) is 12.1 Å². The first-order chi connectivity index (χ1) is 8.97. The molecule has 3 atom stereocenters. The molecule has 1 heterocycles. The molecule has 1 aliphatic rings. The standard InChI is InChI=1S/C15H20O4/c1-5-18-15(17)12-10(4)19-14-8(2)6-7-11(9(3)16)13(12)14/h6-7,9-10,12,16H,5H2,1-4H3. The van der Waals surface area contributed by atoms with Gasteiger partial charge in [-0.2, -0.15) is 0 Å². The molecular formula is C15H20O4. The van der Waals surface area contributed by atoms with Crippen LogP contribution in [0.15, 0.2) is 12.1 Å². The van der Waals surface area contributed by atoms with Crippen molar-refractivity contribution in [2.45, 2.75) is 45.8 Å². The van der Waals surface area contributed by atoms with E-state index in [1.807, 2.05) is 26.0 Å². The van der Waals surface area contributed by atoms with Crippen LogP contribution in [0.25, 0.3) is 0 Å². The molecule has 0 aliphatic carbocycles. The van der Waals surface area contributed by atoms with E-state index >= 15 is 0 Å². The van der Waals surface area contributed by atoms with E-state index in [2.05, 4.69) is 0 Å². The number of ether oxygens (including phenoxy) is 2. The summed E-state index contributed by atoms with van der Waals surface area (Å²) in [6.45, 7) is 7.60. The number of benzene rings is 1. The molecule has 19 heavy (non-hydrogen) atoms. The Morgan fingerprint density at radius 2 is 2.21 bits per heavy atom. The van der Waals surface area contributed by atoms with Crippen LogP contribution in [-0.2, 0) is 9.53 Å². The number of hydrogen-bond donors (Lipinski definition) is 1. The summed E-state index contributed by atoms with van der Waals surface area (Å²) in [6, 6.07) is 3.76. The second-order valence-electron chi connectivity index (χ2n) is 4.94. The van der Waals surface area contributed by atoms with Gasteiger partial charge >= 0.3 is 5.97 Å². The molecule has 4 nitrogen and oxygen atoms in total. The van der Waals surface area contributed by atoms with Gasteiger partial charge in [0.2, 0.25) is 0 Å². The largest absolute Gasteiger partial charge is 0.489 e. The van der Waals surface area contributed by atoms with Crippen LogP contribution in [-0.4, -0.2) is 23.8 Å². The fourth-order valence-electron chi connectivity index (χ4n) is 2.60. The predicted octanol–water partition coefficient (Wildman–Crippen LogP) is 2.48. The summed E-state index contributed by atoms with van der Waals surface area (Å²) in [5.74, 6) is -0.0374. The number of fused-ring (bicyclic) bond motifs is 1. The van der Waals surface area contributed by atoms with E-state index < -0.39 is 12.0 Å². The minimum absolute atomic E-state index is 0.271. The maximum absolute atomic E-state index is 12.1. The number of aryl methyl sites for hydroxylation is 1. The van der Waals surface area contributed by atoms with E-state index in [1.165, 1.54) is 0 Å². The quantitative estimate of drug-likeness (QED) is 0.852. The molecule has 1 aliphatic heterocycles. The van der Waals surface area contributed by atoms with Gasteiger partial charge in [0.15, 0.2) is 0 Å². The van der Waals surface area contributed by atoms with Gasteiger partial charge in [-0.15, -0.1) is 0 Å². The summed E-state index contributed by atoms with van der Waals surface area (Å²) < 4.78 is 10.9. The van der Waals surface area contributed by atoms with Gasteiger partial charge in [0.05, 0.1) is 12.7 Å². The molecule has 3 unspecified atom stereocenters. The van der Waals surface area contributed by atoms with Gasteiger partial charge in [-0.1, -0.05) is 12.1 Å². The molecule has 4 heteroatoms. The van der Waals surface area contributed by atoms with Crippen molar-refractivity contribution < 1.29 is 19.4 Å². The van der Waals surface area contributed by atoms with Gasteiger partial charge < -0.3 is 14.6 Å². The van der Waals surface area contributed by atoms with Crippen molar-refractivity contribution in [1.82, 2.24) is 0 Å². The van der Waals surface area contributed by atoms with Crippen molar-refractivity contribution in [3.8, 4) is 5.75 Å². The van der Waals surface area contributed by atoms with Crippen LogP contribution in [0.5, 0.6) is 5.75 Å². The minimum Gasteiger partial charge on any atom is -0.489 e. The molecule has 1 N–H and O–H groups in total. The lowest BCUT2D eigenvalue weighted by atomic mass is 9.89. The van der Waals surface area contributed by atoms with E-state index in [0.717, 1.165) is 16.7 Å². The molecule has 0 aromatic heterocycles. The Morgan fingerprint density at radius 1 is 1.53 bits per heavy atom. The Morgan fingerprint density at radius 3 is 2.79 bits per heavy atom. The third kappa shape index (κ3) is 2.32. The normalized spacial score (nSPS) is 22.6. The molecule has 0 amide bonds. The highest BCUT2D eigenvalue weighted by Gasteiger charge is 2.41. The summed E-state index contributed by atoms with van der Waals surface area (Å²) in [4.78, 5) is 12.1. The van der Waals surface area contributed by atoms with E-state index in [9.17, 15) is 9.90 Å². The third-order valence-electron chi connectivity index (χ3n) is 3.50. The van der Waals surface area contributed by atoms with E-state index in [1.54, 1.807) is 13.8 Å². The molecule has 0 fully saturated rings. The number of aliphatic hydroxyl groups is 1. The summed E-state index contributed by atoms with van der Waals surface area (Å²) in [6.07, 6.45) is -0.909. The number of carbonyl (C=O) groups is 1. The van der Waals surface area contributed by atoms with Gasteiger partial charge in [0.25, 0.3) is 0 Å². The summed E-state index contributed by atoms with van der Waals surface area (Å²) in [5.41, 5.74) is 2.49. The zero-order valence-corrected chi connectivity index (χ0v) is 11.8. The monoisotopic (exact) mass is 264 g/mol. The smallest absolute Gasteiger partial charge is 0.317 e. The van der Waals surface area contributed by atoms with Gasteiger partial charge in [0, 0.05) is 5.56 Å². The fourth-order valence-corrected chi connectivity index (χ4v) is 2.60. The van der Waals surface area contributed by atoms with Crippen LogP contribution in [0, 0.1) is 6.92 Å². The van der Waals surface area contributed by atoms with Crippen molar-refractivity contribution in [3.63, 3.8) is 0 Å². The number of rotatable bonds is 3. The maximum atomic E-state index is 12.1. The van der Waals surface area contributed by atoms with Crippen LogP contribution < -0.4 is 4.74 Å². The Bertz CT molecular complexity index is 493. The lowest BCUT2D eigenvalue weighted by Gasteiger charge is -2.16. The van der Waals surface area contributed by atoms with E-state index in [0.29, 0.717) is 12.4 Å². The summed E-state index contributed by atoms with van der Waals surface area (Å²) in [7, 11) is 0. The number of hydrogen-bond acceptors (Lipinski definition) is 4. The first-order valence-corrected chi connectivity index (χ1v) is 6.62. The Kier molecular flexibility index (Phi) is 3.80. The zero-order chi connectivity index (χ0) is 14.2. The SMILES string of the molecule is CCOC(=O)C1c2c(C(C)O)ccc(C)c2OC1C. The lowest BCUT2D eigenvalue weighted by Crippen LogP contribution is -2.25. The van der Waals surface area contributed by atoms with Crippen molar-refractivity contribution in [1.29, 1.82) is 0 Å². The Hall–Kier alpha value is -1.55. The predicted molar refractivity (Wildman–Crippen MR) is 71.3 cm³/mol. The molecule has 0 radical (unpaired) electrons. The molecule has 104 valence electrons. The second kappa shape index (κ2) is 5.21. The average molecular weight is 264 g/mol. The topological polar surface area (TPSA) is 55.8 Å². The Labute approximate surface area is 113 Å². The van der Waals surface area contributed by atoms with Gasteiger partial charge in [-0.05, 0) is 38.8 Å². The number of aliphatic hydroxyl groups excluding tert-OH is 1. The van der Waals surface area contributed by atoms with Crippen molar-refractivity contribution in [2.24, 2.45) is 0 Å². The molecule has 1 aromatic rings. The molecular weight excluding hydrogens is 244 g/mol. The molecule has 0 spiro atoms. The van der Waals surface area contributed by atoms with Gasteiger partial charge in [-0.3, -0.25) is 4.79 Å². The average Bonchev–Trinajstić information content (AvgIpc) is 2.67. The van der Waals surface area contributed by atoms with Crippen LogP contribution >= 0.6 is 0 Å². The Balaban J connectivity index is 2.53. The lowest BCUT2D eigenvalue weighted by molar-refractivity contribution is -0.146. The summed E-state index contributed by atoms with van der Waals surface area (Å²) >= 11 is 0. The molecule has 0 saturated carbocycles. The first kappa shape index (κ1) is 13.9. The third-order valence-corrected chi connectivity index (χ3v) is 3.50. The van der Waals surface area contributed by atoms with Crippen molar-refractivity contribution in [3.05, 3.63) is 28.8 Å². The van der Waals surface area contributed by atoms with Crippen LogP contribution in [0.2, 0.25) is 0 Å². The highest BCUT2D eigenvalue weighted by Crippen LogP contribution is 2.44. The van der Waals surface area contributed by atoms with Crippen molar-refractivity contribution >= 4 is 5.97 Å². The van der Waals surface area contributed by atoms with Crippen molar-refractivity contribution in [2.75, 3.05) is 6.61 Å². The number of carbonyl (C=O) groups excluding carboxylic acids is 1. The molecule has 1 aromatic carbocycles. The number of esters is 1. The molecule has 2 rings (SSSR count). The second-order valence-corrected chi connectivity index (χ2v) is 4.94. The van der Waals surface area contributed by atoms with Gasteiger partial charge in [-0.25, -0.2) is 0 Å². The minimum atomic E-state index is -0.639. The fraction of sp³-hybridized carbons (Fsp3) is 0.533. The molecule has 0 saturated heterocycles. The maximum Gasteiger partial charge on any atom is 0.317 e. The molecule has 0 bridgehead atoms.